The summed E-state index contributed by atoms with van der Waals surface area (Å²) in [5.41, 5.74) is 10.1. The molecule has 0 atom stereocenters. The Morgan fingerprint density at radius 1 is 1.28 bits per heavy atom. The first kappa shape index (κ1) is 17.7. The van der Waals surface area contributed by atoms with E-state index in [1.807, 2.05) is 24.3 Å². The van der Waals surface area contributed by atoms with Crippen molar-refractivity contribution in [3.05, 3.63) is 36.0 Å². The molecule has 0 bridgehead atoms. The molecule has 2 heterocycles. The van der Waals surface area contributed by atoms with Crippen molar-refractivity contribution >= 4 is 34.1 Å². The molecule has 0 radical (unpaired) electrons. The number of nitrogens with one attached hydrogen (secondary N) is 2. The third-order valence-corrected chi connectivity index (χ3v) is 4.86. The lowest BCUT2D eigenvalue weighted by Gasteiger charge is -2.23. The van der Waals surface area contributed by atoms with Crippen LogP contribution in [0, 0.1) is 0 Å². The monoisotopic (exact) mass is 359 g/mol. The maximum Gasteiger partial charge on any atom is 0.272 e. The highest BCUT2D eigenvalue weighted by molar-refractivity contribution is 7.80. The average Bonchev–Trinajstić information content (AvgIpc) is 3.26. The number of carbonyl (C=O) groups is 1. The molecule has 1 amide bonds. The number of aromatic amines is 1. The molecule has 134 valence electrons. The third-order valence-electron chi connectivity index (χ3n) is 4.64. The maximum absolute atomic E-state index is 12.6. The average molecular weight is 359 g/mol. The SMILES string of the molecule is NC(=S)N(CCCCN1CCCC1)NC(=O)c1c[nH]c2ccccc12. The van der Waals surface area contributed by atoms with Gasteiger partial charge in [-0.15, -0.1) is 0 Å². The number of rotatable bonds is 6. The van der Waals surface area contributed by atoms with Gasteiger partial charge >= 0.3 is 0 Å². The van der Waals surface area contributed by atoms with E-state index >= 15 is 0 Å². The molecule has 1 aliphatic heterocycles. The van der Waals surface area contributed by atoms with E-state index in [0.29, 0.717) is 12.1 Å². The molecule has 7 heteroatoms. The molecule has 2 aromatic rings. The van der Waals surface area contributed by atoms with E-state index in [-0.39, 0.29) is 11.0 Å². The molecule has 1 aliphatic rings. The third kappa shape index (κ3) is 4.49. The van der Waals surface area contributed by atoms with Crippen LogP contribution in [0.3, 0.4) is 0 Å². The van der Waals surface area contributed by atoms with Gasteiger partial charge in [0.2, 0.25) is 0 Å². The second-order valence-electron chi connectivity index (χ2n) is 6.43. The maximum atomic E-state index is 12.6. The van der Waals surface area contributed by atoms with Gasteiger partial charge in [0.1, 0.15) is 0 Å². The Hall–Kier alpha value is -2.12. The number of unbranched alkanes of at least 4 members (excludes halogenated alkanes) is 1. The van der Waals surface area contributed by atoms with Gasteiger partial charge in [0.15, 0.2) is 5.11 Å². The number of nitrogens with zero attached hydrogens (tertiary/aromatic N) is 2. The number of carbonyl (C=O) groups excluding carboxylic acids is 1. The summed E-state index contributed by atoms with van der Waals surface area (Å²) >= 11 is 5.09. The van der Waals surface area contributed by atoms with Crippen molar-refractivity contribution in [2.24, 2.45) is 5.73 Å². The Morgan fingerprint density at radius 2 is 2.04 bits per heavy atom. The molecule has 1 aromatic carbocycles. The number of H-pyrrole nitrogens is 1. The minimum atomic E-state index is -0.204. The quantitative estimate of drug-likeness (QED) is 0.419. The van der Waals surface area contributed by atoms with E-state index in [0.717, 1.165) is 30.3 Å². The fourth-order valence-corrected chi connectivity index (χ4v) is 3.41. The molecular formula is C18H25N5OS. The number of nitrogens with two attached hydrogens (primary N) is 1. The normalized spacial score (nSPS) is 14.7. The highest BCUT2D eigenvalue weighted by atomic mass is 32.1. The molecule has 1 saturated heterocycles. The summed E-state index contributed by atoms with van der Waals surface area (Å²) < 4.78 is 0. The van der Waals surface area contributed by atoms with Gasteiger partial charge in [0.05, 0.1) is 5.56 Å². The summed E-state index contributed by atoms with van der Waals surface area (Å²) in [6, 6.07) is 7.70. The first-order valence-corrected chi connectivity index (χ1v) is 9.22. The second kappa shape index (κ2) is 8.31. The Labute approximate surface area is 153 Å². The van der Waals surface area contributed by atoms with Crippen LogP contribution in [0.5, 0.6) is 0 Å². The van der Waals surface area contributed by atoms with E-state index in [2.05, 4.69) is 15.3 Å². The number of thiocarbonyl (C=S) groups is 1. The number of amides is 1. The predicted molar refractivity (Wildman–Crippen MR) is 104 cm³/mol. The number of fused-ring (bicyclic) bond motifs is 1. The molecule has 1 aromatic heterocycles. The lowest BCUT2D eigenvalue weighted by molar-refractivity contribution is 0.0871. The number of hydrogen-bond acceptors (Lipinski definition) is 3. The van der Waals surface area contributed by atoms with Crippen LogP contribution in [0.15, 0.2) is 30.5 Å². The Morgan fingerprint density at radius 3 is 2.80 bits per heavy atom. The lowest BCUT2D eigenvalue weighted by atomic mass is 10.2. The Balaban J connectivity index is 1.53. The standard InChI is InChI=1S/C18H25N5OS/c19-18(25)23(12-6-5-11-22-9-3-4-10-22)21-17(24)15-13-20-16-8-2-1-7-14(15)16/h1-2,7-8,13,20H,3-6,9-12H2,(H2,19,25)(H,21,24). The number of hydrazine groups is 1. The molecule has 0 aliphatic carbocycles. The van der Waals surface area contributed by atoms with Gasteiger partial charge in [0, 0.05) is 23.6 Å². The van der Waals surface area contributed by atoms with Crippen LogP contribution in [-0.4, -0.2) is 52.1 Å². The fourth-order valence-electron chi connectivity index (χ4n) is 3.27. The van der Waals surface area contributed by atoms with Crippen molar-refractivity contribution in [1.29, 1.82) is 0 Å². The zero-order valence-corrected chi connectivity index (χ0v) is 15.1. The van der Waals surface area contributed by atoms with Gasteiger partial charge in [-0.3, -0.25) is 15.2 Å². The van der Waals surface area contributed by atoms with Crippen LogP contribution in [0.4, 0.5) is 0 Å². The summed E-state index contributed by atoms with van der Waals surface area (Å²) in [6.07, 6.45) is 6.33. The van der Waals surface area contributed by atoms with Gasteiger partial charge in [-0.05, 0) is 63.6 Å². The molecule has 0 unspecified atom stereocenters. The first-order chi connectivity index (χ1) is 12.1. The van der Waals surface area contributed by atoms with Gasteiger partial charge in [0.25, 0.3) is 5.91 Å². The molecule has 6 nitrogen and oxygen atoms in total. The van der Waals surface area contributed by atoms with E-state index in [1.54, 1.807) is 11.2 Å². The molecule has 0 saturated carbocycles. The van der Waals surface area contributed by atoms with Crippen molar-refractivity contribution in [1.82, 2.24) is 20.3 Å². The smallest absolute Gasteiger partial charge is 0.272 e. The van der Waals surface area contributed by atoms with Crippen molar-refractivity contribution < 1.29 is 4.79 Å². The van der Waals surface area contributed by atoms with Gasteiger partial charge in [-0.2, -0.15) is 0 Å². The predicted octanol–water partition coefficient (Wildman–Crippen LogP) is 2.23. The highest BCUT2D eigenvalue weighted by Crippen LogP contribution is 2.17. The Kier molecular flexibility index (Phi) is 5.88. The minimum absolute atomic E-state index is 0.189. The number of hydrogen-bond donors (Lipinski definition) is 3. The van der Waals surface area contributed by atoms with Crippen LogP contribution in [0.1, 0.15) is 36.0 Å². The minimum Gasteiger partial charge on any atom is -0.375 e. The first-order valence-electron chi connectivity index (χ1n) is 8.81. The summed E-state index contributed by atoms with van der Waals surface area (Å²) in [4.78, 5) is 18.2. The second-order valence-corrected chi connectivity index (χ2v) is 6.85. The molecule has 25 heavy (non-hydrogen) atoms. The number of para-hydroxylation sites is 1. The molecular weight excluding hydrogens is 334 g/mol. The van der Waals surface area contributed by atoms with Crippen molar-refractivity contribution in [2.45, 2.75) is 25.7 Å². The summed E-state index contributed by atoms with van der Waals surface area (Å²) in [6.45, 7) is 4.13. The van der Waals surface area contributed by atoms with Crippen molar-refractivity contribution in [2.75, 3.05) is 26.2 Å². The Bertz CT molecular complexity index is 738. The van der Waals surface area contributed by atoms with Crippen LogP contribution < -0.4 is 11.2 Å². The van der Waals surface area contributed by atoms with Gasteiger partial charge in [-0.1, -0.05) is 18.2 Å². The van der Waals surface area contributed by atoms with Crippen LogP contribution in [-0.2, 0) is 0 Å². The van der Waals surface area contributed by atoms with Crippen molar-refractivity contribution in [3.8, 4) is 0 Å². The van der Waals surface area contributed by atoms with Crippen LogP contribution in [0.25, 0.3) is 10.9 Å². The topological polar surface area (TPSA) is 77.4 Å². The zero-order valence-electron chi connectivity index (χ0n) is 14.3. The van der Waals surface area contributed by atoms with Crippen LogP contribution in [0.2, 0.25) is 0 Å². The van der Waals surface area contributed by atoms with E-state index in [4.69, 9.17) is 18.0 Å². The highest BCUT2D eigenvalue weighted by Gasteiger charge is 2.16. The van der Waals surface area contributed by atoms with E-state index < -0.39 is 0 Å². The van der Waals surface area contributed by atoms with Gasteiger partial charge < -0.3 is 15.6 Å². The summed E-state index contributed by atoms with van der Waals surface area (Å²) in [5.74, 6) is -0.204. The summed E-state index contributed by atoms with van der Waals surface area (Å²) in [5, 5.41) is 2.65. The van der Waals surface area contributed by atoms with Crippen LogP contribution >= 0.6 is 12.2 Å². The van der Waals surface area contributed by atoms with E-state index in [9.17, 15) is 4.79 Å². The summed E-state index contributed by atoms with van der Waals surface area (Å²) in [7, 11) is 0. The fraction of sp³-hybridized carbons (Fsp3) is 0.444. The number of likely N-dealkylation sites (tertiary alicyclic amines) is 1. The molecule has 1 fully saturated rings. The number of benzene rings is 1. The largest absolute Gasteiger partial charge is 0.375 e. The molecule has 4 N–H and O–H groups in total. The molecule has 0 spiro atoms. The lowest BCUT2D eigenvalue weighted by Crippen LogP contribution is -2.49. The van der Waals surface area contributed by atoms with Gasteiger partial charge in [-0.25, -0.2) is 0 Å². The number of aromatic nitrogens is 1. The molecule has 3 rings (SSSR count). The van der Waals surface area contributed by atoms with E-state index in [1.165, 1.54) is 25.9 Å². The zero-order chi connectivity index (χ0) is 17.6. The van der Waals surface area contributed by atoms with Crippen molar-refractivity contribution in [3.63, 3.8) is 0 Å².